The molecule has 1 fully saturated rings. The van der Waals surface area contributed by atoms with Gasteiger partial charge in [-0.15, -0.1) is 0 Å². The monoisotopic (exact) mass is 223 g/mol. The Labute approximate surface area is 94.0 Å². The number of aromatic nitrogens is 2. The lowest BCUT2D eigenvalue weighted by molar-refractivity contribution is 0.0771. The van der Waals surface area contributed by atoms with Crippen LogP contribution in [0.25, 0.3) is 0 Å². The van der Waals surface area contributed by atoms with Crippen molar-refractivity contribution in [1.82, 2.24) is 9.97 Å². The second-order valence-electron chi connectivity index (χ2n) is 4.16. The molecule has 3 N–H and O–H groups in total. The second kappa shape index (κ2) is 4.25. The van der Waals surface area contributed by atoms with Crippen LogP contribution in [0.1, 0.15) is 37.3 Å². The molecule has 1 aliphatic carbocycles. The number of anilines is 1. The molecule has 0 radical (unpaired) electrons. The van der Waals surface area contributed by atoms with E-state index in [1.165, 1.54) is 0 Å². The number of nitrogens with two attached hydrogens (primary N) is 1. The Morgan fingerprint density at radius 1 is 1.62 bits per heavy atom. The largest absolute Gasteiger partial charge is 0.383 e. The first-order chi connectivity index (χ1) is 7.67. The normalized spacial score (nSPS) is 17.4. The van der Waals surface area contributed by atoms with Crippen molar-refractivity contribution >= 4 is 5.82 Å². The van der Waals surface area contributed by atoms with E-state index in [-0.39, 0.29) is 11.7 Å². The molecule has 1 saturated carbocycles. The molecule has 1 heterocycles. The van der Waals surface area contributed by atoms with Crippen LogP contribution >= 0.6 is 0 Å². The highest BCUT2D eigenvalue weighted by Crippen LogP contribution is 2.41. The van der Waals surface area contributed by atoms with Gasteiger partial charge in [-0.1, -0.05) is 6.92 Å². The topological polar surface area (TPSA) is 81.0 Å². The Morgan fingerprint density at radius 2 is 2.31 bits per heavy atom. The van der Waals surface area contributed by atoms with Crippen LogP contribution in [0.4, 0.5) is 5.82 Å². The van der Waals surface area contributed by atoms with E-state index in [2.05, 4.69) is 9.97 Å². The van der Waals surface area contributed by atoms with Crippen molar-refractivity contribution in [1.29, 1.82) is 0 Å². The zero-order valence-electron chi connectivity index (χ0n) is 9.62. The summed E-state index contributed by atoms with van der Waals surface area (Å²) in [6, 6.07) is 0. The van der Waals surface area contributed by atoms with Crippen LogP contribution in [0.2, 0.25) is 0 Å². The zero-order valence-corrected chi connectivity index (χ0v) is 9.62. The number of aromatic amines is 1. The van der Waals surface area contributed by atoms with E-state index in [0.29, 0.717) is 29.5 Å². The number of methoxy groups -OCH3 is 1. The average molecular weight is 223 g/mol. The maximum atomic E-state index is 11.7. The number of rotatable bonds is 4. The highest BCUT2D eigenvalue weighted by atomic mass is 16.5. The van der Waals surface area contributed by atoms with Crippen LogP contribution in [0.5, 0.6) is 0 Å². The molecular weight excluding hydrogens is 206 g/mol. The van der Waals surface area contributed by atoms with Gasteiger partial charge in [0, 0.05) is 7.11 Å². The number of hydrogen-bond donors (Lipinski definition) is 2. The molecule has 0 aliphatic heterocycles. The van der Waals surface area contributed by atoms with E-state index in [1.807, 2.05) is 6.92 Å². The molecule has 1 aliphatic rings. The first kappa shape index (κ1) is 11.1. The van der Waals surface area contributed by atoms with Gasteiger partial charge in [0.15, 0.2) is 0 Å². The fourth-order valence-electron chi connectivity index (χ4n) is 1.94. The number of nitrogens with one attached hydrogen (secondary N) is 1. The van der Waals surface area contributed by atoms with E-state index >= 15 is 0 Å². The van der Waals surface area contributed by atoms with Crippen LogP contribution in [0, 0.1) is 5.92 Å². The Balaban J connectivity index is 2.38. The molecule has 1 aromatic heterocycles. The van der Waals surface area contributed by atoms with Gasteiger partial charge in [-0.25, -0.2) is 4.98 Å². The summed E-state index contributed by atoms with van der Waals surface area (Å²) in [5.41, 5.74) is 6.16. The Kier molecular flexibility index (Phi) is 2.96. The third kappa shape index (κ3) is 1.95. The molecule has 2 rings (SSSR count). The van der Waals surface area contributed by atoms with Crippen molar-refractivity contribution in [2.75, 3.05) is 12.8 Å². The van der Waals surface area contributed by atoms with Crippen molar-refractivity contribution in [2.24, 2.45) is 5.92 Å². The van der Waals surface area contributed by atoms with E-state index in [1.54, 1.807) is 7.11 Å². The lowest BCUT2D eigenvalue weighted by Crippen LogP contribution is -2.22. The van der Waals surface area contributed by atoms with Gasteiger partial charge in [-0.2, -0.15) is 0 Å². The molecule has 0 spiro atoms. The zero-order chi connectivity index (χ0) is 11.7. The van der Waals surface area contributed by atoms with Crippen molar-refractivity contribution in [3.63, 3.8) is 0 Å². The molecule has 1 aromatic rings. The summed E-state index contributed by atoms with van der Waals surface area (Å²) in [7, 11) is 1.63. The summed E-state index contributed by atoms with van der Waals surface area (Å²) in [6.45, 7) is 1.89. The maximum Gasteiger partial charge on any atom is 0.256 e. The van der Waals surface area contributed by atoms with E-state index in [9.17, 15) is 4.79 Å². The number of hydrogen-bond acceptors (Lipinski definition) is 4. The van der Waals surface area contributed by atoms with Crippen molar-refractivity contribution in [3.05, 3.63) is 21.7 Å². The lowest BCUT2D eigenvalue weighted by Gasteiger charge is -2.14. The summed E-state index contributed by atoms with van der Waals surface area (Å²) < 4.78 is 5.36. The fourth-order valence-corrected chi connectivity index (χ4v) is 1.94. The van der Waals surface area contributed by atoms with E-state index in [0.717, 1.165) is 12.8 Å². The van der Waals surface area contributed by atoms with Gasteiger partial charge in [-0.05, 0) is 25.2 Å². The van der Waals surface area contributed by atoms with E-state index in [4.69, 9.17) is 10.5 Å². The fraction of sp³-hybridized carbons (Fsp3) is 0.636. The molecule has 88 valence electrons. The van der Waals surface area contributed by atoms with Gasteiger partial charge in [0.1, 0.15) is 17.7 Å². The van der Waals surface area contributed by atoms with Crippen LogP contribution in [0.15, 0.2) is 4.79 Å². The van der Waals surface area contributed by atoms with Gasteiger partial charge in [-0.3, -0.25) is 4.79 Å². The first-order valence-electron chi connectivity index (χ1n) is 5.58. The van der Waals surface area contributed by atoms with Crippen molar-refractivity contribution in [2.45, 2.75) is 32.3 Å². The van der Waals surface area contributed by atoms with Gasteiger partial charge < -0.3 is 15.5 Å². The van der Waals surface area contributed by atoms with Gasteiger partial charge in [0.25, 0.3) is 5.56 Å². The van der Waals surface area contributed by atoms with Gasteiger partial charge >= 0.3 is 0 Å². The summed E-state index contributed by atoms with van der Waals surface area (Å²) in [5.74, 6) is 1.36. The van der Waals surface area contributed by atoms with E-state index < -0.39 is 0 Å². The van der Waals surface area contributed by atoms with Crippen LogP contribution in [0.3, 0.4) is 0 Å². The van der Waals surface area contributed by atoms with Crippen LogP contribution in [-0.2, 0) is 11.2 Å². The number of ether oxygens (including phenoxy) is 1. The standard InChI is InChI=1S/C11H17N3O2/c1-3-7-9(12)13-10(14-11(7)15)8(16-2)6-4-5-6/h6,8H,3-5H2,1-2H3,(H3,12,13,14,15). The summed E-state index contributed by atoms with van der Waals surface area (Å²) in [6.07, 6.45) is 2.71. The Hall–Kier alpha value is -1.36. The molecule has 5 heteroatoms. The molecular formula is C11H17N3O2. The highest BCUT2D eigenvalue weighted by Gasteiger charge is 2.34. The molecule has 0 saturated heterocycles. The smallest absolute Gasteiger partial charge is 0.256 e. The van der Waals surface area contributed by atoms with Crippen LogP contribution in [-0.4, -0.2) is 17.1 Å². The van der Waals surface area contributed by atoms with Gasteiger partial charge in [0.05, 0.1) is 5.56 Å². The third-order valence-corrected chi connectivity index (χ3v) is 2.99. The molecule has 5 nitrogen and oxygen atoms in total. The van der Waals surface area contributed by atoms with Gasteiger partial charge in [0.2, 0.25) is 0 Å². The first-order valence-corrected chi connectivity index (χ1v) is 5.58. The Bertz CT molecular complexity index is 437. The number of H-pyrrole nitrogens is 1. The summed E-state index contributed by atoms with van der Waals surface area (Å²) in [5, 5.41) is 0. The number of nitrogen functional groups attached to an aromatic ring is 1. The van der Waals surface area contributed by atoms with Crippen molar-refractivity contribution in [3.8, 4) is 0 Å². The quantitative estimate of drug-likeness (QED) is 0.798. The lowest BCUT2D eigenvalue weighted by atomic mass is 10.2. The molecule has 0 aromatic carbocycles. The molecule has 0 amide bonds. The minimum absolute atomic E-state index is 0.124. The molecule has 1 atom stereocenters. The minimum atomic E-state index is -0.146. The predicted molar refractivity (Wildman–Crippen MR) is 61.1 cm³/mol. The average Bonchev–Trinajstić information content (AvgIpc) is 3.03. The molecule has 0 bridgehead atoms. The summed E-state index contributed by atoms with van der Waals surface area (Å²) >= 11 is 0. The van der Waals surface area contributed by atoms with Crippen molar-refractivity contribution < 1.29 is 4.74 Å². The minimum Gasteiger partial charge on any atom is -0.383 e. The Morgan fingerprint density at radius 3 is 2.75 bits per heavy atom. The predicted octanol–water partition coefficient (Wildman–Crippen LogP) is 1.01. The second-order valence-corrected chi connectivity index (χ2v) is 4.16. The molecule has 1 unspecified atom stereocenters. The SMILES string of the molecule is CCc1c(N)nc(C(OC)C2CC2)[nH]c1=O. The van der Waals surface area contributed by atoms with Crippen LogP contribution < -0.4 is 11.3 Å². The highest BCUT2D eigenvalue weighted by molar-refractivity contribution is 5.37. The third-order valence-electron chi connectivity index (χ3n) is 2.99. The maximum absolute atomic E-state index is 11.7. The summed E-state index contributed by atoms with van der Waals surface area (Å²) in [4.78, 5) is 18.7. The molecule has 16 heavy (non-hydrogen) atoms. The number of nitrogens with zero attached hydrogens (tertiary/aromatic N) is 1.